The summed E-state index contributed by atoms with van der Waals surface area (Å²) in [6, 6.07) is 10.5. The van der Waals surface area contributed by atoms with Crippen LogP contribution in [0.1, 0.15) is 44.6 Å². The standard InChI is InChI=1S/C18H26N2O3/c1-3-20(12-18(22)23)16-10-15(11-16)19-17(21)9-13(2)14-7-5-4-6-8-14/h4-8,13,15-16H,3,9-12H2,1-2H3,(H,19,21)(H,22,23). The summed E-state index contributed by atoms with van der Waals surface area (Å²) in [5, 5.41) is 12.0. The van der Waals surface area contributed by atoms with Gasteiger partial charge in [0.15, 0.2) is 0 Å². The quantitative estimate of drug-likeness (QED) is 0.771. The minimum Gasteiger partial charge on any atom is -0.480 e. The molecular weight excluding hydrogens is 292 g/mol. The molecule has 23 heavy (non-hydrogen) atoms. The first-order valence-corrected chi connectivity index (χ1v) is 8.29. The predicted molar refractivity (Wildman–Crippen MR) is 89.3 cm³/mol. The number of amides is 1. The van der Waals surface area contributed by atoms with Crippen molar-refractivity contribution in [3.63, 3.8) is 0 Å². The summed E-state index contributed by atoms with van der Waals surface area (Å²) < 4.78 is 0. The van der Waals surface area contributed by atoms with Gasteiger partial charge in [0.25, 0.3) is 0 Å². The molecule has 0 radical (unpaired) electrons. The van der Waals surface area contributed by atoms with Crippen LogP contribution in [0, 0.1) is 0 Å². The number of rotatable bonds is 8. The highest BCUT2D eigenvalue weighted by molar-refractivity contribution is 5.77. The van der Waals surface area contributed by atoms with Crippen molar-refractivity contribution >= 4 is 11.9 Å². The molecule has 1 fully saturated rings. The van der Waals surface area contributed by atoms with Crippen molar-refractivity contribution in [1.29, 1.82) is 0 Å². The molecule has 1 aromatic carbocycles. The Labute approximate surface area is 137 Å². The van der Waals surface area contributed by atoms with Crippen LogP contribution in [0.5, 0.6) is 0 Å². The summed E-state index contributed by atoms with van der Waals surface area (Å²) in [5.74, 6) is -0.520. The molecule has 1 atom stereocenters. The highest BCUT2D eigenvalue weighted by atomic mass is 16.4. The van der Waals surface area contributed by atoms with Crippen LogP contribution in [0.4, 0.5) is 0 Å². The van der Waals surface area contributed by atoms with Gasteiger partial charge in [-0.05, 0) is 30.9 Å². The Morgan fingerprint density at radius 3 is 2.52 bits per heavy atom. The predicted octanol–water partition coefficient (Wildman–Crippen LogP) is 2.23. The monoisotopic (exact) mass is 318 g/mol. The van der Waals surface area contributed by atoms with Crippen LogP contribution in [0.25, 0.3) is 0 Å². The maximum atomic E-state index is 12.1. The van der Waals surface area contributed by atoms with E-state index in [9.17, 15) is 9.59 Å². The van der Waals surface area contributed by atoms with Crippen molar-refractivity contribution in [1.82, 2.24) is 10.2 Å². The number of nitrogens with one attached hydrogen (secondary N) is 1. The molecule has 0 bridgehead atoms. The number of hydrogen-bond acceptors (Lipinski definition) is 3. The van der Waals surface area contributed by atoms with Gasteiger partial charge in [-0.3, -0.25) is 14.5 Å². The Morgan fingerprint density at radius 1 is 1.30 bits per heavy atom. The van der Waals surface area contributed by atoms with Gasteiger partial charge in [-0.2, -0.15) is 0 Å². The molecule has 5 nitrogen and oxygen atoms in total. The summed E-state index contributed by atoms with van der Waals surface area (Å²) in [6.45, 7) is 4.83. The van der Waals surface area contributed by atoms with Crippen molar-refractivity contribution in [2.24, 2.45) is 0 Å². The molecule has 0 aliphatic heterocycles. The van der Waals surface area contributed by atoms with Crippen molar-refractivity contribution in [3.05, 3.63) is 35.9 Å². The molecule has 0 aromatic heterocycles. The van der Waals surface area contributed by atoms with Crippen molar-refractivity contribution in [3.8, 4) is 0 Å². The minimum absolute atomic E-state index is 0.0751. The van der Waals surface area contributed by atoms with Gasteiger partial charge in [0.1, 0.15) is 0 Å². The third-order valence-corrected chi connectivity index (χ3v) is 4.60. The maximum Gasteiger partial charge on any atom is 0.317 e. The first kappa shape index (κ1) is 17.5. The molecule has 1 unspecified atom stereocenters. The molecule has 1 amide bonds. The van der Waals surface area contributed by atoms with Gasteiger partial charge in [-0.25, -0.2) is 0 Å². The van der Waals surface area contributed by atoms with E-state index in [0.29, 0.717) is 6.42 Å². The van der Waals surface area contributed by atoms with Crippen molar-refractivity contribution in [2.45, 2.75) is 51.1 Å². The lowest BCUT2D eigenvalue weighted by Crippen LogP contribution is -2.54. The highest BCUT2D eigenvalue weighted by Gasteiger charge is 2.34. The van der Waals surface area contributed by atoms with Gasteiger partial charge in [0, 0.05) is 18.5 Å². The fourth-order valence-corrected chi connectivity index (χ4v) is 3.14. The summed E-state index contributed by atoms with van der Waals surface area (Å²) in [7, 11) is 0. The highest BCUT2D eigenvalue weighted by Crippen LogP contribution is 2.26. The second kappa shape index (κ2) is 8.11. The normalized spacial score (nSPS) is 21.5. The molecule has 1 aliphatic rings. The van der Waals surface area contributed by atoms with E-state index in [0.717, 1.165) is 19.4 Å². The number of likely N-dealkylation sites (N-methyl/N-ethyl adjacent to an activating group) is 1. The lowest BCUT2D eigenvalue weighted by Gasteiger charge is -2.42. The average Bonchev–Trinajstić information content (AvgIpc) is 2.49. The number of hydrogen-bond donors (Lipinski definition) is 2. The molecule has 2 N–H and O–H groups in total. The molecule has 126 valence electrons. The van der Waals surface area contributed by atoms with Gasteiger partial charge >= 0.3 is 5.97 Å². The SMILES string of the molecule is CCN(CC(=O)O)C1CC(NC(=O)CC(C)c2ccccc2)C1. The number of carboxylic acid groups (broad SMARTS) is 1. The van der Waals surface area contributed by atoms with Gasteiger partial charge < -0.3 is 10.4 Å². The van der Waals surface area contributed by atoms with E-state index in [1.807, 2.05) is 42.2 Å². The molecular formula is C18H26N2O3. The molecule has 5 heteroatoms. The number of benzene rings is 1. The molecule has 0 saturated heterocycles. The van der Waals surface area contributed by atoms with Crippen LogP contribution in [0.15, 0.2) is 30.3 Å². The van der Waals surface area contributed by atoms with E-state index >= 15 is 0 Å². The molecule has 1 saturated carbocycles. The number of carbonyl (C=O) groups is 2. The minimum atomic E-state index is -0.795. The van der Waals surface area contributed by atoms with E-state index < -0.39 is 5.97 Å². The lowest BCUT2D eigenvalue weighted by molar-refractivity contribution is -0.139. The zero-order valence-electron chi connectivity index (χ0n) is 13.9. The molecule has 1 aromatic rings. The second-order valence-electron chi connectivity index (χ2n) is 6.36. The van der Waals surface area contributed by atoms with Crippen LogP contribution in [-0.2, 0) is 9.59 Å². The number of carbonyl (C=O) groups excluding carboxylic acids is 1. The van der Waals surface area contributed by atoms with E-state index in [1.165, 1.54) is 5.56 Å². The van der Waals surface area contributed by atoms with Crippen molar-refractivity contribution in [2.75, 3.05) is 13.1 Å². The summed E-state index contributed by atoms with van der Waals surface area (Å²) in [5.41, 5.74) is 1.17. The van der Waals surface area contributed by atoms with Crippen molar-refractivity contribution < 1.29 is 14.7 Å². The third kappa shape index (κ3) is 5.06. The maximum absolute atomic E-state index is 12.1. The number of nitrogens with zero attached hydrogens (tertiary/aromatic N) is 1. The van der Waals surface area contributed by atoms with Gasteiger partial charge in [-0.1, -0.05) is 44.2 Å². The van der Waals surface area contributed by atoms with Crippen LogP contribution in [-0.4, -0.2) is 47.1 Å². The molecule has 0 heterocycles. The summed E-state index contributed by atoms with van der Waals surface area (Å²) in [6.07, 6.45) is 2.16. The zero-order valence-corrected chi connectivity index (χ0v) is 13.9. The first-order chi connectivity index (χ1) is 11.0. The van der Waals surface area contributed by atoms with Crippen LogP contribution < -0.4 is 5.32 Å². The Balaban J connectivity index is 1.72. The Bertz CT molecular complexity index is 526. The fraction of sp³-hybridized carbons (Fsp3) is 0.556. The smallest absolute Gasteiger partial charge is 0.317 e. The topological polar surface area (TPSA) is 69.6 Å². The Morgan fingerprint density at radius 2 is 1.96 bits per heavy atom. The number of aliphatic carboxylic acids is 1. The lowest BCUT2D eigenvalue weighted by atomic mass is 9.85. The largest absolute Gasteiger partial charge is 0.480 e. The van der Waals surface area contributed by atoms with E-state index in [4.69, 9.17) is 5.11 Å². The van der Waals surface area contributed by atoms with Gasteiger partial charge in [0.2, 0.25) is 5.91 Å². The second-order valence-corrected chi connectivity index (χ2v) is 6.36. The summed E-state index contributed by atoms with van der Waals surface area (Å²) >= 11 is 0. The Kier molecular flexibility index (Phi) is 6.16. The van der Waals surface area contributed by atoms with Crippen LogP contribution >= 0.6 is 0 Å². The van der Waals surface area contributed by atoms with Gasteiger partial charge in [-0.15, -0.1) is 0 Å². The van der Waals surface area contributed by atoms with E-state index in [1.54, 1.807) is 0 Å². The fourth-order valence-electron chi connectivity index (χ4n) is 3.14. The average molecular weight is 318 g/mol. The zero-order chi connectivity index (χ0) is 16.8. The van der Waals surface area contributed by atoms with E-state index in [2.05, 4.69) is 12.2 Å². The van der Waals surface area contributed by atoms with E-state index in [-0.39, 0.29) is 30.5 Å². The Hall–Kier alpha value is -1.88. The van der Waals surface area contributed by atoms with Crippen LogP contribution in [0.3, 0.4) is 0 Å². The summed E-state index contributed by atoms with van der Waals surface area (Å²) in [4.78, 5) is 24.9. The first-order valence-electron chi connectivity index (χ1n) is 8.29. The third-order valence-electron chi connectivity index (χ3n) is 4.60. The van der Waals surface area contributed by atoms with Crippen LogP contribution in [0.2, 0.25) is 0 Å². The molecule has 2 rings (SSSR count). The number of carboxylic acids is 1. The molecule has 1 aliphatic carbocycles. The van der Waals surface area contributed by atoms with Gasteiger partial charge in [0.05, 0.1) is 6.54 Å². The molecule has 0 spiro atoms.